The average molecular weight is 216 g/mol. The Balaban J connectivity index is 2.82. The van der Waals surface area contributed by atoms with E-state index in [1.807, 2.05) is 0 Å². The van der Waals surface area contributed by atoms with Crippen molar-refractivity contribution in [1.82, 2.24) is 0 Å². The standard InChI is InChI=1S/C11H11F3O/c12-10-7-8(3-1-2-6-15)4-5-9(10)11(13)14/h1,3-5,7,11,15H,2,6H2. The summed E-state index contributed by atoms with van der Waals surface area (Å²) < 4.78 is 37.4. The van der Waals surface area contributed by atoms with E-state index < -0.39 is 17.8 Å². The molecule has 82 valence electrons. The lowest BCUT2D eigenvalue weighted by molar-refractivity contribution is 0.146. The zero-order valence-corrected chi connectivity index (χ0v) is 7.96. The largest absolute Gasteiger partial charge is 0.396 e. The van der Waals surface area contributed by atoms with E-state index in [1.165, 1.54) is 6.07 Å². The highest BCUT2D eigenvalue weighted by atomic mass is 19.3. The first kappa shape index (κ1) is 11.8. The summed E-state index contributed by atoms with van der Waals surface area (Å²) in [4.78, 5) is 0. The van der Waals surface area contributed by atoms with Gasteiger partial charge >= 0.3 is 0 Å². The zero-order chi connectivity index (χ0) is 11.3. The molecule has 0 bridgehead atoms. The van der Waals surface area contributed by atoms with Gasteiger partial charge in [-0.1, -0.05) is 18.2 Å². The second-order valence-electron chi connectivity index (χ2n) is 3.00. The van der Waals surface area contributed by atoms with Crippen molar-refractivity contribution in [3.8, 4) is 0 Å². The van der Waals surface area contributed by atoms with Crippen LogP contribution in [0, 0.1) is 5.82 Å². The Kier molecular flexibility index (Phi) is 4.37. The van der Waals surface area contributed by atoms with Crippen molar-refractivity contribution in [3.63, 3.8) is 0 Å². The highest BCUT2D eigenvalue weighted by Gasteiger charge is 2.12. The number of hydrogen-bond acceptors (Lipinski definition) is 1. The van der Waals surface area contributed by atoms with Crippen LogP contribution in [0.5, 0.6) is 0 Å². The molecule has 0 aliphatic carbocycles. The van der Waals surface area contributed by atoms with Crippen molar-refractivity contribution in [3.05, 3.63) is 41.2 Å². The monoisotopic (exact) mass is 216 g/mol. The van der Waals surface area contributed by atoms with Gasteiger partial charge in [-0.15, -0.1) is 0 Å². The van der Waals surface area contributed by atoms with Crippen molar-refractivity contribution >= 4 is 6.08 Å². The summed E-state index contributed by atoms with van der Waals surface area (Å²) in [7, 11) is 0. The van der Waals surface area contributed by atoms with Crippen molar-refractivity contribution in [2.24, 2.45) is 0 Å². The summed E-state index contributed by atoms with van der Waals surface area (Å²) in [5.74, 6) is -0.906. The van der Waals surface area contributed by atoms with E-state index in [0.29, 0.717) is 12.0 Å². The second-order valence-corrected chi connectivity index (χ2v) is 3.00. The van der Waals surface area contributed by atoms with Gasteiger partial charge in [-0.05, 0) is 24.1 Å². The van der Waals surface area contributed by atoms with Crippen LogP contribution in [-0.2, 0) is 0 Å². The van der Waals surface area contributed by atoms with Gasteiger partial charge < -0.3 is 5.11 Å². The van der Waals surface area contributed by atoms with Gasteiger partial charge in [0, 0.05) is 6.61 Å². The third-order valence-electron chi connectivity index (χ3n) is 1.87. The van der Waals surface area contributed by atoms with E-state index in [1.54, 1.807) is 12.2 Å². The first-order valence-electron chi connectivity index (χ1n) is 4.50. The van der Waals surface area contributed by atoms with Crippen LogP contribution in [0.25, 0.3) is 6.08 Å². The van der Waals surface area contributed by atoms with Crippen molar-refractivity contribution in [1.29, 1.82) is 0 Å². The lowest BCUT2D eigenvalue weighted by Crippen LogP contribution is -1.90. The Labute approximate surface area is 85.9 Å². The third-order valence-corrected chi connectivity index (χ3v) is 1.87. The topological polar surface area (TPSA) is 20.2 Å². The minimum absolute atomic E-state index is 0.00804. The molecule has 0 unspecified atom stereocenters. The van der Waals surface area contributed by atoms with Crippen molar-refractivity contribution in [2.45, 2.75) is 12.8 Å². The van der Waals surface area contributed by atoms with Gasteiger partial charge in [-0.3, -0.25) is 0 Å². The average Bonchev–Trinajstić information content (AvgIpc) is 2.17. The first-order chi connectivity index (χ1) is 7.15. The Bertz CT molecular complexity index is 348. The number of aliphatic hydroxyl groups is 1. The van der Waals surface area contributed by atoms with E-state index in [9.17, 15) is 13.2 Å². The number of hydrogen-bond donors (Lipinski definition) is 1. The quantitative estimate of drug-likeness (QED) is 0.819. The minimum Gasteiger partial charge on any atom is -0.396 e. The van der Waals surface area contributed by atoms with Gasteiger partial charge in [0.05, 0.1) is 5.56 Å². The molecule has 0 aliphatic heterocycles. The molecular weight excluding hydrogens is 205 g/mol. The fourth-order valence-corrected chi connectivity index (χ4v) is 1.12. The molecule has 1 aromatic rings. The van der Waals surface area contributed by atoms with E-state index in [4.69, 9.17) is 5.11 Å². The number of rotatable bonds is 4. The van der Waals surface area contributed by atoms with Crippen molar-refractivity contribution in [2.75, 3.05) is 6.61 Å². The number of halogens is 3. The van der Waals surface area contributed by atoms with E-state index in [2.05, 4.69) is 0 Å². The van der Waals surface area contributed by atoms with Gasteiger partial charge in [0.15, 0.2) is 0 Å². The third kappa shape index (κ3) is 3.40. The van der Waals surface area contributed by atoms with Gasteiger partial charge in [0.2, 0.25) is 0 Å². The Hall–Kier alpha value is -1.29. The van der Waals surface area contributed by atoms with Crippen molar-refractivity contribution < 1.29 is 18.3 Å². The molecule has 1 nitrogen and oxygen atoms in total. The van der Waals surface area contributed by atoms with E-state index >= 15 is 0 Å². The molecule has 4 heteroatoms. The molecule has 1 aromatic carbocycles. The summed E-state index contributed by atoms with van der Waals surface area (Å²) in [5.41, 5.74) is -0.0836. The van der Waals surface area contributed by atoms with Gasteiger partial charge in [0.1, 0.15) is 5.82 Å². The molecule has 0 amide bonds. The fourth-order valence-electron chi connectivity index (χ4n) is 1.12. The minimum atomic E-state index is -2.79. The summed E-state index contributed by atoms with van der Waals surface area (Å²) in [6.07, 6.45) is 0.893. The maximum atomic E-state index is 13.0. The maximum Gasteiger partial charge on any atom is 0.266 e. The first-order valence-corrected chi connectivity index (χ1v) is 4.50. The maximum absolute atomic E-state index is 13.0. The predicted octanol–water partition coefficient (Wildman–Crippen LogP) is 3.16. The van der Waals surface area contributed by atoms with Crippen LogP contribution >= 0.6 is 0 Å². The SMILES string of the molecule is OCCC=Cc1ccc(C(F)F)c(F)c1. The molecule has 0 aromatic heterocycles. The molecule has 1 rings (SSSR count). The molecule has 0 fully saturated rings. The molecule has 0 heterocycles. The van der Waals surface area contributed by atoms with Crippen LogP contribution in [0.1, 0.15) is 24.0 Å². The molecule has 0 atom stereocenters. The summed E-state index contributed by atoms with van der Waals surface area (Å²) in [6, 6.07) is 3.53. The zero-order valence-electron chi connectivity index (χ0n) is 7.96. The molecule has 0 spiro atoms. The van der Waals surface area contributed by atoms with Gasteiger partial charge in [-0.2, -0.15) is 0 Å². The Morgan fingerprint density at radius 1 is 1.33 bits per heavy atom. The van der Waals surface area contributed by atoms with E-state index in [-0.39, 0.29) is 6.61 Å². The van der Waals surface area contributed by atoms with Crippen LogP contribution in [-0.4, -0.2) is 11.7 Å². The number of benzene rings is 1. The van der Waals surface area contributed by atoms with Gasteiger partial charge in [-0.25, -0.2) is 13.2 Å². The van der Waals surface area contributed by atoms with Crippen LogP contribution in [0.15, 0.2) is 24.3 Å². The van der Waals surface area contributed by atoms with Crippen LogP contribution in [0.4, 0.5) is 13.2 Å². The number of alkyl halides is 2. The number of aliphatic hydroxyl groups excluding tert-OH is 1. The highest BCUT2D eigenvalue weighted by molar-refractivity contribution is 5.50. The Morgan fingerprint density at radius 3 is 2.60 bits per heavy atom. The van der Waals surface area contributed by atoms with Crippen LogP contribution in [0.2, 0.25) is 0 Å². The molecule has 1 N–H and O–H groups in total. The molecule has 0 aliphatic rings. The van der Waals surface area contributed by atoms with E-state index in [0.717, 1.165) is 12.1 Å². The molecule has 0 saturated carbocycles. The fraction of sp³-hybridized carbons (Fsp3) is 0.273. The van der Waals surface area contributed by atoms with Gasteiger partial charge in [0.25, 0.3) is 6.43 Å². The van der Waals surface area contributed by atoms with Crippen LogP contribution in [0.3, 0.4) is 0 Å². The molecule has 15 heavy (non-hydrogen) atoms. The molecule has 0 radical (unpaired) electrons. The van der Waals surface area contributed by atoms with Crippen LogP contribution < -0.4 is 0 Å². The summed E-state index contributed by atoms with van der Waals surface area (Å²) in [6.45, 7) is 0.00804. The smallest absolute Gasteiger partial charge is 0.266 e. The summed E-state index contributed by atoms with van der Waals surface area (Å²) >= 11 is 0. The molecular formula is C11H11F3O. The normalized spacial score (nSPS) is 11.5. The predicted molar refractivity (Wildman–Crippen MR) is 52.1 cm³/mol. The lowest BCUT2D eigenvalue weighted by Gasteiger charge is -2.02. The molecule has 0 saturated heterocycles. The lowest BCUT2D eigenvalue weighted by atomic mass is 10.1. The Morgan fingerprint density at radius 2 is 2.07 bits per heavy atom. The second kappa shape index (κ2) is 5.56. The highest BCUT2D eigenvalue weighted by Crippen LogP contribution is 2.22. The summed E-state index contributed by atoms with van der Waals surface area (Å²) in [5, 5.41) is 8.49.